The molecule has 2 aromatic rings. The number of benzene rings is 2. The van der Waals surface area contributed by atoms with Crippen LogP contribution in [0.5, 0.6) is 5.75 Å². The number of nitrogens with one attached hydrogen (secondary N) is 1. The number of carbonyl (C=O) groups is 1. The van der Waals surface area contributed by atoms with Crippen LogP contribution in [0, 0.1) is 6.92 Å². The molecule has 0 aliphatic heterocycles. The van der Waals surface area contributed by atoms with E-state index >= 15 is 0 Å². The SMILES string of the molecule is Cc1ccc(NC(=O)COc2ccccc2N)cc1. The Balaban J connectivity index is 1.88. The summed E-state index contributed by atoms with van der Waals surface area (Å²) in [7, 11) is 0. The summed E-state index contributed by atoms with van der Waals surface area (Å²) >= 11 is 0. The molecule has 0 fully saturated rings. The third kappa shape index (κ3) is 3.74. The summed E-state index contributed by atoms with van der Waals surface area (Å²) in [4.78, 5) is 11.7. The van der Waals surface area contributed by atoms with E-state index in [4.69, 9.17) is 10.5 Å². The van der Waals surface area contributed by atoms with Gasteiger partial charge in [-0.1, -0.05) is 29.8 Å². The number of ether oxygens (including phenoxy) is 1. The normalized spacial score (nSPS) is 9.95. The van der Waals surface area contributed by atoms with Crippen molar-refractivity contribution in [2.75, 3.05) is 17.7 Å². The number of rotatable bonds is 4. The van der Waals surface area contributed by atoms with E-state index in [1.54, 1.807) is 12.1 Å². The summed E-state index contributed by atoms with van der Waals surface area (Å²) in [5, 5.41) is 2.75. The van der Waals surface area contributed by atoms with Crippen molar-refractivity contribution in [3.63, 3.8) is 0 Å². The van der Waals surface area contributed by atoms with Crippen LogP contribution in [0.25, 0.3) is 0 Å². The fraction of sp³-hybridized carbons (Fsp3) is 0.133. The molecule has 0 radical (unpaired) electrons. The lowest BCUT2D eigenvalue weighted by Crippen LogP contribution is -2.20. The van der Waals surface area contributed by atoms with Crippen LogP contribution in [-0.2, 0) is 4.79 Å². The van der Waals surface area contributed by atoms with Gasteiger partial charge in [-0.25, -0.2) is 0 Å². The number of carbonyl (C=O) groups excluding carboxylic acids is 1. The first-order chi connectivity index (χ1) is 9.15. The van der Waals surface area contributed by atoms with Gasteiger partial charge in [0, 0.05) is 5.69 Å². The molecule has 2 aromatic carbocycles. The number of hydrogen-bond acceptors (Lipinski definition) is 3. The first kappa shape index (κ1) is 13.0. The van der Waals surface area contributed by atoms with Crippen molar-refractivity contribution in [3.8, 4) is 5.75 Å². The van der Waals surface area contributed by atoms with Gasteiger partial charge in [-0.2, -0.15) is 0 Å². The lowest BCUT2D eigenvalue weighted by Gasteiger charge is -2.09. The summed E-state index contributed by atoms with van der Waals surface area (Å²) in [5.41, 5.74) is 8.13. The van der Waals surface area contributed by atoms with Gasteiger partial charge < -0.3 is 15.8 Å². The zero-order valence-corrected chi connectivity index (χ0v) is 10.7. The highest BCUT2D eigenvalue weighted by Gasteiger charge is 2.05. The Bertz CT molecular complexity index is 565. The second kappa shape index (κ2) is 5.91. The molecule has 0 bridgehead atoms. The Hall–Kier alpha value is -2.49. The van der Waals surface area contributed by atoms with Crippen molar-refractivity contribution in [1.82, 2.24) is 0 Å². The highest BCUT2D eigenvalue weighted by Crippen LogP contribution is 2.19. The summed E-state index contributed by atoms with van der Waals surface area (Å²) in [5.74, 6) is 0.300. The number of para-hydroxylation sites is 2. The second-order valence-corrected chi connectivity index (χ2v) is 4.24. The molecule has 0 heterocycles. The number of nitrogens with two attached hydrogens (primary N) is 1. The third-order valence-corrected chi connectivity index (χ3v) is 2.61. The maximum Gasteiger partial charge on any atom is 0.262 e. The maximum atomic E-state index is 11.7. The van der Waals surface area contributed by atoms with E-state index in [0.717, 1.165) is 11.3 Å². The molecule has 2 rings (SSSR count). The predicted molar refractivity (Wildman–Crippen MR) is 76.2 cm³/mol. The lowest BCUT2D eigenvalue weighted by molar-refractivity contribution is -0.118. The van der Waals surface area contributed by atoms with Crippen molar-refractivity contribution in [2.24, 2.45) is 0 Å². The largest absolute Gasteiger partial charge is 0.482 e. The molecule has 0 saturated carbocycles. The van der Waals surface area contributed by atoms with Crippen molar-refractivity contribution < 1.29 is 9.53 Å². The monoisotopic (exact) mass is 256 g/mol. The molecular weight excluding hydrogens is 240 g/mol. The van der Waals surface area contributed by atoms with E-state index < -0.39 is 0 Å². The minimum absolute atomic E-state index is 0.0674. The van der Waals surface area contributed by atoms with Crippen molar-refractivity contribution >= 4 is 17.3 Å². The number of hydrogen-bond donors (Lipinski definition) is 2. The fourth-order valence-electron chi connectivity index (χ4n) is 1.59. The van der Waals surface area contributed by atoms with Gasteiger partial charge in [0.1, 0.15) is 5.75 Å². The van der Waals surface area contributed by atoms with E-state index in [9.17, 15) is 4.79 Å². The van der Waals surface area contributed by atoms with Gasteiger partial charge in [0.2, 0.25) is 0 Å². The number of anilines is 2. The molecule has 0 aromatic heterocycles. The lowest BCUT2D eigenvalue weighted by atomic mass is 10.2. The van der Waals surface area contributed by atoms with E-state index in [1.165, 1.54) is 0 Å². The zero-order chi connectivity index (χ0) is 13.7. The Kier molecular flexibility index (Phi) is 4.03. The summed E-state index contributed by atoms with van der Waals surface area (Å²) < 4.78 is 5.36. The minimum atomic E-state index is -0.216. The molecule has 0 atom stereocenters. The molecule has 0 saturated heterocycles. The molecule has 19 heavy (non-hydrogen) atoms. The van der Waals surface area contributed by atoms with Crippen LogP contribution < -0.4 is 15.8 Å². The van der Waals surface area contributed by atoms with Crippen LogP contribution in [0.3, 0.4) is 0 Å². The van der Waals surface area contributed by atoms with Gasteiger partial charge in [0.05, 0.1) is 5.69 Å². The quantitative estimate of drug-likeness (QED) is 0.826. The van der Waals surface area contributed by atoms with Gasteiger partial charge in [0.15, 0.2) is 6.61 Å². The molecule has 3 N–H and O–H groups in total. The van der Waals surface area contributed by atoms with Crippen LogP contribution in [0.1, 0.15) is 5.56 Å². The average Bonchev–Trinajstić information content (AvgIpc) is 2.40. The molecule has 4 heteroatoms. The van der Waals surface area contributed by atoms with E-state index in [0.29, 0.717) is 11.4 Å². The minimum Gasteiger partial charge on any atom is -0.482 e. The highest BCUT2D eigenvalue weighted by molar-refractivity contribution is 5.91. The molecule has 4 nitrogen and oxygen atoms in total. The molecule has 0 aliphatic rings. The second-order valence-electron chi connectivity index (χ2n) is 4.24. The topological polar surface area (TPSA) is 64.3 Å². The summed E-state index contributed by atoms with van der Waals surface area (Å²) in [6.07, 6.45) is 0. The summed E-state index contributed by atoms with van der Waals surface area (Å²) in [6.45, 7) is 1.93. The molecule has 0 aliphatic carbocycles. The highest BCUT2D eigenvalue weighted by atomic mass is 16.5. The molecule has 1 amide bonds. The molecule has 0 unspecified atom stereocenters. The van der Waals surface area contributed by atoms with Gasteiger partial charge in [-0.15, -0.1) is 0 Å². The maximum absolute atomic E-state index is 11.7. The predicted octanol–water partition coefficient (Wildman–Crippen LogP) is 2.59. The van der Waals surface area contributed by atoms with E-state index in [-0.39, 0.29) is 12.5 Å². The average molecular weight is 256 g/mol. The smallest absolute Gasteiger partial charge is 0.262 e. The third-order valence-electron chi connectivity index (χ3n) is 2.61. The van der Waals surface area contributed by atoms with Gasteiger partial charge in [-0.05, 0) is 31.2 Å². The van der Waals surface area contributed by atoms with Crippen molar-refractivity contribution in [2.45, 2.75) is 6.92 Å². The number of nitrogen functional groups attached to an aromatic ring is 1. The van der Waals surface area contributed by atoms with Gasteiger partial charge >= 0.3 is 0 Å². The Morgan fingerprint density at radius 1 is 1.16 bits per heavy atom. The molecule has 98 valence electrons. The van der Waals surface area contributed by atoms with Crippen LogP contribution in [0.4, 0.5) is 11.4 Å². The Morgan fingerprint density at radius 3 is 2.53 bits per heavy atom. The van der Waals surface area contributed by atoms with Crippen LogP contribution in [0.15, 0.2) is 48.5 Å². The Labute approximate surface area is 112 Å². The number of amides is 1. The first-order valence-electron chi connectivity index (χ1n) is 5.99. The Morgan fingerprint density at radius 2 is 1.84 bits per heavy atom. The summed E-state index contributed by atoms with van der Waals surface area (Å²) in [6, 6.07) is 14.7. The fourth-order valence-corrected chi connectivity index (χ4v) is 1.59. The van der Waals surface area contributed by atoms with Crippen LogP contribution in [-0.4, -0.2) is 12.5 Å². The van der Waals surface area contributed by atoms with Crippen molar-refractivity contribution in [3.05, 3.63) is 54.1 Å². The van der Waals surface area contributed by atoms with E-state index in [1.807, 2.05) is 43.3 Å². The van der Waals surface area contributed by atoms with Crippen molar-refractivity contribution in [1.29, 1.82) is 0 Å². The van der Waals surface area contributed by atoms with E-state index in [2.05, 4.69) is 5.32 Å². The molecular formula is C15H16N2O2. The standard InChI is InChI=1S/C15H16N2O2/c1-11-6-8-12(9-7-11)17-15(18)10-19-14-5-3-2-4-13(14)16/h2-9H,10,16H2,1H3,(H,17,18). The van der Waals surface area contributed by atoms with Gasteiger partial charge in [-0.3, -0.25) is 4.79 Å². The van der Waals surface area contributed by atoms with Gasteiger partial charge in [0.25, 0.3) is 5.91 Å². The van der Waals surface area contributed by atoms with Crippen LogP contribution >= 0.6 is 0 Å². The van der Waals surface area contributed by atoms with Crippen LogP contribution in [0.2, 0.25) is 0 Å². The first-order valence-corrected chi connectivity index (χ1v) is 5.99. The number of aryl methyl sites for hydroxylation is 1. The molecule has 0 spiro atoms. The zero-order valence-electron chi connectivity index (χ0n) is 10.7.